The van der Waals surface area contributed by atoms with Crippen LogP contribution in [0.3, 0.4) is 0 Å². The van der Waals surface area contributed by atoms with Gasteiger partial charge in [-0.05, 0) is 36.4 Å². The van der Waals surface area contributed by atoms with Crippen molar-refractivity contribution in [1.29, 1.82) is 0 Å². The van der Waals surface area contributed by atoms with E-state index in [-0.39, 0.29) is 11.9 Å². The first-order chi connectivity index (χ1) is 17.6. The van der Waals surface area contributed by atoms with Crippen molar-refractivity contribution in [3.63, 3.8) is 0 Å². The Kier molecular flexibility index (Phi) is 4.58. The first kappa shape index (κ1) is 20.7. The second kappa shape index (κ2) is 7.96. The summed E-state index contributed by atoms with van der Waals surface area (Å²) in [5.74, 6) is 0.518. The van der Waals surface area contributed by atoms with E-state index in [0.29, 0.717) is 11.3 Å². The van der Waals surface area contributed by atoms with Crippen molar-refractivity contribution in [3.8, 4) is 33.9 Å². The highest BCUT2D eigenvalue weighted by atomic mass is 19.1. The third-order valence-corrected chi connectivity index (χ3v) is 6.65. The number of hydrogen-bond donors (Lipinski definition) is 3. The summed E-state index contributed by atoms with van der Waals surface area (Å²) in [6, 6.07) is 16.8. The molecular formula is C27H21FN8. The van der Waals surface area contributed by atoms with Gasteiger partial charge in [-0.15, -0.1) is 0 Å². The molecule has 4 aromatic heterocycles. The number of rotatable bonds is 4. The Morgan fingerprint density at radius 3 is 2.67 bits per heavy atom. The molecule has 9 heteroatoms. The second-order valence-corrected chi connectivity index (χ2v) is 9.04. The highest BCUT2D eigenvalue weighted by molar-refractivity contribution is 6.00. The Balaban J connectivity index is 1.32. The molecule has 7 rings (SSSR count). The van der Waals surface area contributed by atoms with Gasteiger partial charge in [-0.2, -0.15) is 5.10 Å². The number of nitrogens with zero attached hydrogens (tertiary/aromatic N) is 5. The molecule has 1 fully saturated rings. The van der Waals surface area contributed by atoms with Gasteiger partial charge >= 0.3 is 0 Å². The van der Waals surface area contributed by atoms with Crippen LogP contribution in [0.15, 0.2) is 73.2 Å². The van der Waals surface area contributed by atoms with Gasteiger partial charge in [0.15, 0.2) is 0 Å². The molecule has 5 heterocycles. The van der Waals surface area contributed by atoms with Crippen LogP contribution in [0.25, 0.3) is 55.7 Å². The maximum absolute atomic E-state index is 14.5. The normalized spacial score (nSPS) is 14.0. The van der Waals surface area contributed by atoms with Crippen molar-refractivity contribution in [2.45, 2.75) is 6.04 Å². The number of anilines is 1. The highest BCUT2D eigenvalue weighted by Crippen LogP contribution is 2.35. The Morgan fingerprint density at radius 2 is 1.81 bits per heavy atom. The monoisotopic (exact) mass is 476 g/mol. The molecule has 6 aromatic rings. The minimum atomic E-state index is -0.307. The van der Waals surface area contributed by atoms with E-state index < -0.39 is 0 Å². The first-order valence-corrected chi connectivity index (χ1v) is 11.7. The molecule has 1 aliphatic heterocycles. The van der Waals surface area contributed by atoms with Gasteiger partial charge in [0.2, 0.25) is 0 Å². The molecule has 0 spiro atoms. The summed E-state index contributed by atoms with van der Waals surface area (Å²) in [5, 5.41) is 9.47. The van der Waals surface area contributed by atoms with Crippen LogP contribution in [0.4, 0.5) is 10.2 Å². The van der Waals surface area contributed by atoms with Gasteiger partial charge in [0.05, 0.1) is 35.0 Å². The summed E-state index contributed by atoms with van der Waals surface area (Å²) in [7, 11) is 0. The van der Waals surface area contributed by atoms with E-state index in [0.717, 1.165) is 63.4 Å². The molecule has 8 nitrogen and oxygen atoms in total. The molecule has 0 atom stereocenters. The van der Waals surface area contributed by atoms with Crippen LogP contribution < -0.4 is 10.6 Å². The van der Waals surface area contributed by atoms with E-state index in [1.807, 2.05) is 30.3 Å². The fraction of sp³-hybridized carbons (Fsp3) is 0.111. The number of pyridine rings is 1. The standard InChI is InChI=1S/C27H21FN8/c28-20-4-2-1-3-17(20)26-19-10-23(32-21(19)7-8-31-26)27-18-9-15(5-6-22(18)34-35-27)24-11-30-12-25(33-24)36-13-16(29)14-36/h1-12,16,32H,13-14,29H2,(H,34,35). The Labute approximate surface area is 205 Å². The molecule has 0 amide bonds. The van der Waals surface area contributed by atoms with Crippen molar-refractivity contribution in [1.82, 2.24) is 30.1 Å². The number of H-pyrrole nitrogens is 2. The van der Waals surface area contributed by atoms with Crippen LogP contribution in [-0.4, -0.2) is 49.3 Å². The van der Waals surface area contributed by atoms with Crippen LogP contribution in [0.5, 0.6) is 0 Å². The zero-order valence-corrected chi connectivity index (χ0v) is 19.1. The molecule has 36 heavy (non-hydrogen) atoms. The van der Waals surface area contributed by atoms with Gasteiger partial charge < -0.3 is 15.6 Å². The molecule has 0 unspecified atom stereocenters. The van der Waals surface area contributed by atoms with Crippen molar-refractivity contribution in [3.05, 3.63) is 79.0 Å². The first-order valence-electron chi connectivity index (χ1n) is 11.7. The number of benzene rings is 2. The minimum absolute atomic E-state index is 0.186. The summed E-state index contributed by atoms with van der Waals surface area (Å²) in [5.41, 5.74) is 12.0. The topological polar surface area (TPSA) is 112 Å². The Hall–Kier alpha value is -4.63. The van der Waals surface area contributed by atoms with Crippen LogP contribution in [0, 0.1) is 5.82 Å². The lowest BCUT2D eigenvalue weighted by molar-refractivity contribution is 0.514. The second-order valence-electron chi connectivity index (χ2n) is 9.04. The zero-order chi connectivity index (χ0) is 24.2. The van der Waals surface area contributed by atoms with Gasteiger partial charge in [-0.3, -0.25) is 15.1 Å². The average molecular weight is 477 g/mol. The summed E-state index contributed by atoms with van der Waals surface area (Å²) in [4.78, 5) is 19.2. The van der Waals surface area contributed by atoms with Crippen molar-refractivity contribution < 1.29 is 4.39 Å². The predicted molar refractivity (Wildman–Crippen MR) is 138 cm³/mol. The molecule has 176 valence electrons. The molecule has 0 bridgehead atoms. The third-order valence-electron chi connectivity index (χ3n) is 6.65. The predicted octanol–water partition coefficient (Wildman–Crippen LogP) is 4.52. The highest BCUT2D eigenvalue weighted by Gasteiger charge is 2.24. The van der Waals surface area contributed by atoms with E-state index in [1.165, 1.54) is 6.07 Å². The van der Waals surface area contributed by atoms with Gasteiger partial charge in [0.1, 0.15) is 17.3 Å². The molecule has 4 N–H and O–H groups in total. The quantitative estimate of drug-likeness (QED) is 0.345. The fourth-order valence-corrected chi connectivity index (χ4v) is 4.77. The Bertz CT molecular complexity index is 1750. The zero-order valence-electron chi connectivity index (χ0n) is 19.1. The fourth-order valence-electron chi connectivity index (χ4n) is 4.77. The van der Waals surface area contributed by atoms with Crippen molar-refractivity contribution in [2.75, 3.05) is 18.0 Å². The van der Waals surface area contributed by atoms with Gasteiger partial charge in [0.25, 0.3) is 0 Å². The van der Waals surface area contributed by atoms with E-state index in [2.05, 4.69) is 36.1 Å². The SMILES string of the molecule is NC1CN(c2cncc(-c3ccc4[nH]nc(-c5cc6c(-c7ccccc7F)nccc6[nH]5)c4c3)n2)C1. The van der Waals surface area contributed by atoms with Gasteiger partial charge in [-0.1, -0.05) is 18.2 Å². The van der Waals surface area contributed by atoms with E-state index in [1.54, 1.807) is 30.7 Å². The molecule has 1 aliphatic rings. The maximum Gasteiger partial charge on any atom is 0.147 e. The van der Waals surface area contributed by atoms with Crippen LogP contribution >= 0.6 is 0 Å². The molecule has 0 aliphatic carbocycles. The molecule has 1 saturated heterocycles. The van der Waals surface area contributed by atoms with E-state index in [9.17, 15) is 4.39 Å². The summed E-state index contributed by atoms with van der Waals surface area (Å²) in [6.45, 7) is 1.57. The van der Waals surface area contributed by atoms with Gasteiger partial charge in [-0.25, -0.2) is 9.37 Å². The smallest absolute Gasteiger partial charge is 0.147 e. The number of hydrogen-bond acceptors (Lipinski definition) is 6. The van der Waals surface area contributed by atoms with E-state index in [4.69, 9.17) is 10.7 Å². The molecule has 0 saturated carbocycles. The summed E-state index contributed by atoms with van der Waals surface area (Å²) in [6.07, 6.45) is 5.21. The third kappa shape index (κ3) is 3.32. The molecular weight excluding hydrogens is 455 g/mol. The number of aromatic nitrogens is 6. The number of nitrogens with one attached hydrogen (secondary N) is 2. The lowest BCUT2D eigenvalue weighted by Crippen LogP contribution is -2.56. The number of halogens is 1. The minimum Gasteiger partial charge on any atom is -0.353 e. The molecule has 2 aromatic carbocycles. The van der Waals surface area contributed by atoms with E-state index >= 15 is 0 Å². The van der Waals surface area contributed by atoms with Crippen LogP contribution in [0.1, 0.15) is 0 Å². The summed E-state index contributed by atoms with van der Waals surface area (Å²) < 4.78 is 14.5. The van der Waals surface area contributed by atoms with Crippen molar-refractivity contribution in [2.24, 2.45) is 5.73 Å². The lowest BCUT2D eigenvalue weighted by Gasteiger charge is -2.37. The maximum atomic E-state index is 14.5. The van der Waals surface area contributed by atoms with Gasteiger partial charge in [0, 0.05) is 52.7 Å². The number of nitrogens with two attached hydrogens (primary N) is 1. The number of aromatic amines is 2. The average Bonchev–Trinajstić information content (AvgIpc) is 3.51. The Morgan fingerprint density at radius 1 is 0.944 bits per heavy atom. The van der Waals surface area contributed by atoms with Crippen LogP contribution in [0.2, 0.25) is 0 Å². The molecule has 0 radical (unpaired) electrons. The van der Waals surface area contributed by atoms with Crippen molar-refractivity contribution >= 4 is 27.6 Å². The largest absolute Gasteiger partial charge is 0.353 e. The van der Waals surface area contributed by atoms with Crippen LogP contribution in [-0.2, 0) is 0 Å². The number of fused-ring (bicyclic) bond motifs is 2. The lowest BCUT2D eigenvalue weighted by atomic mass is 10.1. The summed E-state index contributed by atoms with van der Waals surface area (Å²) >= 11 is 0.